The van der Waals surface area contributed by atoms with Crippen LogP contribution in [0.3, 0.4) is 0 Å². The van der Waals surface area contributed by atoms with Crippen molar-refractivity contribution in [3.63, 3.8) is 0 Å². The van der Waals surface area contributed by atoms with Crippen LogP contribution in [0.25, 0.3) is 0 Å². The molecular formula is C8H19NS. The van der Waals surface area contributed by atoms with Crippen molar-refractivity contribution in [2.45, 2.75) is 33.2 Å². The summed E-state index contributed by atoms with van der Waals surface area (Å²) in [6.07, 6.45) is 1.28. The van der Waals surface area contributed by atoms with E-state index in [4.69, 9.17) is 5.73 Å². The Hall–Kier alpha value is 0.310. The first-order chi connectivity index (χ1) is 4.66. The summed E-state index contributed by atoms with van der Waals surface area (Å²) in [5.74, 6) is 3.21. The highest BCUT2D eigenvalue weighted by molar-refractivity contribution is 7.99. The lowest BCUT2D eigenvalue weighted by atomic mass is 10.2. The molecule has 0 aromatic carbocycles. The van der Waals surface area contributed by atoms with Crippen LogP contribution in [-0.2, 0) is 0 Å². The molecule has 0 rings (SSSR count). The zero-order valence-corrected chi connectivity index (χ0v) is 8.08. The summed E-state index contributed by atoms with van der Waals surface area (Å²) in [6, 6.07) is 0.356. The van der Waals surface area contributed by atoms with E-state index < -0.39 is 0 Å². The second-order valence-electron chi connectivity index (χ2n) is 3.03. The van der Waals surface area contributed by atoms with Crippen LogP contribution >= 0.6 is 11.8 Å². The first-order valence-electron chi connectivity index (χ1n) is 4.00. The van der Waals surface area contributed by atoms with Gasteiger partial charge in [0.15, 0.2) is 0 Å². The summed E-state index contributed by atoms with van der Waals surface area (Å²) in [5.41, 5.74) is 5.60. The standard InChI is InChI=1S/C8H19NS/c1-4-7(2)5-10-6-8(3)9/h7-8H,4-6,9H2,1-3H3/t7?,8-/m1/s1. The van der Waals surface area contributed by atoms with Gasteiger partial charge in [0.05, 0.1) is 0 Å². The van der Waals surface area contributed by atoms with Crippen LogP contribution in [0.4, 0.5) is 0 Å². The molecule has 0 aromatic rings. The van der Waals surface area contributed by atoms with Crippen molar-refractivity contribution in [1.82, 2.24) is 0 Å². The van der Waals surface area contributed by atoms with E-state index in [9.17, 15) is 0 Å². The quantitative estimate of drug-likeness (QED) is 0.668. The van der Waals surface area contributed by atoms with Crippen LogP contribution < -0.4 is 5.73 Å². The molecule has 0 fully saturated rings. The molecule has 62 valence electrons. The Morgan fingerprint density at radius 3 is 2.30 bits per heavy atom. The van der Waals surface area contributed by atoms with Crippen LogP contribution in [0.1, 0.15) is 27.2 Å². The van der Waals surface area contributed by atoms with Crippen LogP contribution in [0.2, 0.25) is 0 Å². The van der Waals surface area contributed by atoms with Gasteiger partial charge in [-0.2, -0.15) is 11.8 Å². The molecule has 10 heavy (non-hydrogen) atoms. The molecule has 1 unspecified atom stereocenters. The Morgan fingerprint density at radius 1 is 1.30 bits per heavy atom. The first kappa shape index (κ1) is 10.3. The van der Waals surface area contributed by atoms with Gasteiger partial charge in [-0.3, -0.25) is 0 Å². The van der Waals surface area contributed by atoms with E-state index in [2.05, 4.69) is 20.8 Å². The molecule has 2 N–H and O–H groups in total. The van der Waals surface area contributed by atoms with Gasteiger partial charge in [-0.25, -0.2) is 0 Å². The van der Waals surface area contributed by atoms with Crippen molar-refractivity contribution >= 4 is 11.8 Å². The largest absolute Gasteiger partial charge is 0.327 e. The second-order valence-corrected chi connectivity index (χ2v) is 4.10. The fourth-order valence-electron chi connectivity index (χ4n) is 0.573. The molecule has 0 amide bonds. The third-order valence-corrected chi connectivity index (χ3v) is 3.05. The van der Waals surface area contributed by atoms with Gasteiger partial charge in [0.25, 0.3) is 0 Å². The van der Waals surface area contributed by atoms with Gasteiger partial charge in [0, 0.05) is 11.8 Å². The van der Waals surface area contributed by atoms with E-state index in [0.717, 1.165) is 11.7 Å². The van der Waals surface area contributed by atoms with Gasteiger partial charge in [0.1, 0.15) is 0 Å². The average Bonchev–Trinajstić information content (AvgIpc) is 1.87. The van der Waals surface area contributed by atoms with Crippen molar-refractivity contribution in [3.8, 4) is 0 Å². The van der Waals surface area contributed by atoms with Gasteiger partial charge in [0.2, 0.25) is 0 Å². The Balaban J connectivity index is 3.03. The smallest absolute Gasteiger partial charge is 0.0101 e. The lowest BCUT2D eigenvalue weighted by Crippen LogP contribution is -2.18. The number of nitrogens with two attached hydrogens (primary N) is 1. The molecule has 2 atom stereocenters. The minimum absolute atomic E-state index is 0.356. The molecule has 0 saturated carbocycles. The Labute approximate surface area is 68.8 Å². The molecule has 0 aromatic heterocycles. The van der Waals surface area contributed by atoms with Gasteiger partial charge in [-0.05, 0) is 18.6 Å². The Kier molecular flexibility index (Phi) is 6.24. The van der Waals surface area contributed by atoms with Gasteiger partial charge >= 0.3 is 0 Å². The average molecular weight is 161 g/mol. The molecule has 0 aliphatic heterocycles. The monoisotopic (exact) mass is 161 g/mol. The number of thioether (sulfide) groups is 1. The van der Waals surface area contributed by atoms with Crippen LogP contribution in [0.5, 0.6) is 0 Å². The minimum atomic E-state index is 0.356. The van der Waals surface area contributed by atoms with E-state index >= 15 is 0 Å². The predicted octanol–water partition coefficient (Wildman–Crippen LogP) is 2.11. The molecule has 0 heterocycles. The normalized spacial score (nSPS) is 16.8. The van der Waals surface area contributed by atoms with E-state index in [1.54, 1.807) is 0 Å². The zero-order valence-electron chi connectivity index (χ0n) is 7.26. The van der Waals surface area contributed by atoms with Gasteiger partial charge in [-0.1, -0.05) is 20.3 Å². The zero-order chi connectivity index (χ0) is 7.98. The third kappa shape index (κ3) is 6.43. The lowest BCUT2D eigenvalue weighted by Gasteiger charge is -2.08. The molecule has 0 aliphatic rings. The molecule has 0 saturated heterocycles. The molecule has 0 spiro atoms. The van der Waals surface area contributed by atoms with Crippen LogP contribution in [0.15, 0.2) is 0 Å². The fourth-order valence-corrected chi connectivity index (χ4v) is 1.72. The van der Waals surface area contributed by atoms with Crippen molar-refractivity contribution in [2.24, 2.45) is 11.7 Å². The van der Waals surface area contributed by atoms with E-state index in [1.807, 2.05) is 11.8 Å². The highest BCUT2D eigenvalue weighted by atomic mass is 32.2. The Bertz CT molecular complexity index is 73.7. The van der Waals surface area contributed by atoms with Crippen LogP contribution in [-0.4, -0.2) is 17.5 Å². The summed E-state index contributed by atoms with van der Waals surface area (Å²) < 4.78 is 0. The predicted molar refractivity (Wildman–Crippen MR) is 50.4 cm³/mol. The molecular weight excluding hydrogens is 142 g/mol. The SMILES string of the molecule is CCC(C)CSC[C@@H](C)N. The fraction of sp³-hybridized carbons (Fsp3) is 1.00. The Morgan fingerprint density at radius 2 is 1.90 bits per heavy atom. The first-order valence-corrected chi connectivity index (χ1v) is 5.15. The highest BCUT2D eigenvalue weighted by Gasteiger charge is 1.99. The second kappa shape index (κ2) is 6.05. The van der Waals surface area contributed by atoms with Crippen molar-refractivity contribution in [2.75, 3.05) is 11.5 Å². The van der Waals surface area contributed by atoms with Crippen LogP contribution in [0, 0.1) is 5.92 Å². The maximum absolute atomic E-state index is 5.60. The highest BCUT2D eigenvalue weighted by Crippen LogP contribution is 2.11. The third-order valence-electron chi connectivity index (χ3n) is 1.48. The van der Waals surface area contributed by atoms with E-state index in [0.29, 0.717) is 6.04 Å². The topological polar surface area (TPSA) is 26.0 Å². The summed E-state index contributed by atoms with van der Waals surface area (Å²) in [6.45, 7) is 6.58. The van der Waals surface area contributed by atoms with Gasteiger partial charge < -0.3 is 5.73 Å². The van der Waals surface area contributed by atoms with E-state index in [-0.39, 0.29) is 0 Å². The van der Waals surface area contributed by atoms with Crippen molar-refractivity contribution in [3.05, 3.63) is 0 Å². The van der Waals surface area contributed by atoms with Crippen molar-refractivity contribution in [1.29, 1.82) is 0 Å². The van der Waals surface area contributed by atoms with Crippen molar-refractivity contribution < 1.29 is 0 Å². The van der Waals surface area contributed by atoms with E-state index in [1.165, 1.54) is 12.2 Å². The molecule has 0 bridgehead atoms. The molecule has 1 nitrogen and oxygen atoms in total. The summed E-state index contributed by atoms with van der Waals surface area (Å²) in [4.78, 5) is 0. The molecule has 0 aliphatic carbocycles. The number of rotatable bonds is 5. The minimum Gasteiger partial charge on any atom is -0.327 e. The lowest BCUT2D eigenvalue weighted by molar-refractivity contribution is 0.636. The summed E-state index contributed by atoms with van der Waals surface area (Å²) in [5, 5.41) is 0. The summed E-state index contributed by atoms with van der Waals surface area (Å²) in [7, 11) is 0. The summed E-state index contributed by atoms with van der Waals surface area (Å²) >= 11 is 1.97. The maximum Gasteiger partial charge on any atom is 0.0101 e. The molecule has 2 heteroatoms. The van der Waals surface area contributed by atoms with Gasteiger partial charge in [-0.15, -0.1) is 0 Å². The maximum atomic E-state index is 5.60. The number of hydrogen-bond acceptors (Lipinski definition) is 2. The molecule has 0 radical (unpaired) electrons. The number of hydrogen-bond donors (Lipinski definition) is 1.